The fourth-order valence-corrected chi connectivity index (χ4v) is 5.57. The van der Waals surface area contributed by atoms with Crippen LogP contribution in [0.15, 0.2) is 48.6 Å². The molecule has 1 saturated carbocycles. The normalized spacial score (nSPS) is 24.1. The number of fused-ring (bicyclic) bond motifs is 5. The number of nitro benzene ring substituents is 1. The molecule has 1 aliphatic heterocycles. The molecule has 5 rings (SSSR count). The van der Waals surface area contributed by atoms with Crippen molar-refractivity contribution in [2.45, 2.75) is 13.3 Å². The van der Waals surface area contributed by atoms with E-state index in [1.54, 1.807) is 25.1 Å². The average molecular weight is 495 g/mol. The van der Waals surface area contributed by atoms with Crippen LogP contribution in [0.3, 0.4) is 0 Å². The van der Waals surface area contributed by atoms with Gasteiger partial charge in [0, 0.05) is 41.6 Å². The van der Waals surface area contributed by atoms with Crippen LogP contribution >= 0.6 is 11.6 Å². The van der Waals surface area contributed by atoms with Crippen LogP contribution in [0.1, 0.15) is 22.3 Å². The molecule has 180 valence electrons. The number of benzene rings is 2. The van der Waals surface area contributed by atoms with Crippen molar-refractivity contribution in [3.05, 3.63) is 74.8 Å². The number of hydrogen-bond acceptors (Lipinski definition) is 6. The first kappa shape index (κ1) is 23.0. The number of imide groups is 1. The van der Waals surface area contributed by atoms with E-state index < -0.39 is 10.8 Å². The molecule has 1 saturated heterocycles. The van der Waals surface area contributed by atoms with E-state index in [2.05, 4.69) is 10.6 Å². The zero-order valence-corrected chi connectivity index (χ0v) is 19.6. The van der Waals surface area contributed by atoms with Crippen LogP contribution in [0.25, 0.3) is 0 Å². The highest BCUT2D eigenvalue weighted by molar-refractivity contribution is 6.31. The van der Waals surface area contributed by atoms with Crippen LogP contribution in [0.2, 0.25) is 5.02 Å². The third kappa shape index (κ3) is 4.05. The van der Waals surface area contributed by atoms with Gasteiger partial charge in [-0.3, -0.25) is 29.4 Å². The summed E-state index contributed by atoms with van der Waals surface area (Å²) in [5, 5.41) is 17.6. The fourth-order valence-electron chi connectivity index (χ4n) is 5.39. The van der Waals surface area contributed by atoms with Crippen LogP contribution in [-0.2, 0) is 9.59 Å². The van der Waals surface area contributed by atoms with Gasteiger partial charge < -0.3 is 10.6 Å². The summed E-state index contributed by atoms with van der Waals surface area (Å²) in [5.41, 5.74) is 1.46. The Labute approximate surface area is 206 Å². The second-order valence-electron chi connectivity index (χ2n) is 9.16. The molecule has 3 amide bonds. The second-order valence-corrected chi connectivity index (χ2v) is 9.59. The van der Waals surface area contributed by atoms with Crippen molar-refractivity contribution in [2.24, 2.45) is 23.7 Å². The summed E-state index contributed by atoms with van der Waals surface area (Å²) in [5.74, 6) is -1.09. The monoisotopic (exact) mass is 494 g/mol. The topological polar surface area (TPSA) is 122 Å². The van der Waals surface area contributed by atoms with Crippen LogP contribution < -0.4 is 10.6 Å². The van der Waals surface area contributed by atoms with Crippen LogP contribution in [0.5, 0.6) is 0 Å². The van der Waals surface area contributed by atoms with Gasteiger partial charge in [-0.05, 0) is 48.9 Å². The number of likely N-dealkylation sites (tertiary alicyclic amines) is 1. The third-order valence-electron chi connectivity index (χ3n) is 7.12. The first-order chi connectivity index (χ1) is 16.7. The van der Waals surface area contributed by atoms with E-state index in [9.17, 15) is 24.5 Å². The van der Waals surface area contributed by atoms with Crippen molar-refractivity contribution in [1.29, 1.82) is 0 Å². The van der Waals surface area contributed by atoms with Gasteiger partial charge in [0.05, 0.1) is 22.3 Å². The number of rotatable bonds is 7. The Morgan fingerprint density at radius 3 is 2.43 bits per heavy atom. The molecule has 2 aromatic rings. The number of amides is 3. The van der Waals surface area contributed by atoms with Gasteiger partial charge in [-0.1, -0.05) is 29.8 Å². The molecule has 1 heterocycles. The maximum atomic E-state index is 13.1. The molecule has 10 heteroatoms. The van der Waals surface area contributed by atoms with E-state index in [1.807, 2.05) is 12.2 Å². The number of nitro groups is 1. The smallest absolute Gasteiger partial charge is 0.270 e. The Kier molecular flexibility index (Phi) is 5.80. The van der Waals surface area contributed by atoms with Gasteiger partial charge in [-0.15, -0.1) is 0 Å². The van der Waals surface area contributed by atoms with Gasteiger partial charge in [0.25, 0.3) is 11.6 Å². The molecule has 0 aromatic heterocycles. The molecule has 2 aliphatic carbocycles. The van der Waals surface area contributed by atoms with Gasteiger partial charge in [-0.25, -0.2) is 0 Å². The van der Waals surface area contributed by atoms with Crippen LogP contribution in [-0.4, -0.2) is 40.6 Å². The SMILES string of the molecule is Cc1ccc(Cl)cc1NC(=O)c1cc([N+](=O)[O-])ccc1NCCN1C(=O)C2C3C=CC(C3)C2C1=O. The lowest BCUT2D eigenvalue weighted by Gasteiger charge is -2.19. The van der Waals surface area contributed by atoms with Crippen LogP contribution in [0, 0.1) is 40.7 Å². The minimum atomic E-state index is -0.576. The van der Waals surface area contributed by atoms with E-state index in [1.165, 1.54) is 23.1 Å². The number of aryl methyl sites for hydroxylation is 1. The lowest BCUT2D eigenvalue weighted by Crippen LogP contribution is -2.36. The first-order valence-corrected chi connectivity index (χ1v) is 11.8. The standard InChI is InChI=1S/C25H23ClN4O5/c1-13-2-5-16(26)11-20(13)28-23(31)18-12-17(30(34)35)6-7-19(18)27-8-9-29-24(32)21-14-3-4-15(10-14)22(21)25(29)33/h2-7,11-12,14-15,21-22,27H,8-10H2,1H3,(H,28,31). The molecule has 35 heavy (non-hydrogen) atoms. The Bertz CT molecular complexity index is 1260. The van der Waals surface area contributed by atoms with Crippen molar-refractivity contribution in [2.75, 3.05) is 23.7 Å². The molecule has 4 atom stereocenters. The summed E-state index contributed by atoms with van der Waals surface area (Å²) in [4.78, 5) is 50.9. The molecule has 9 nitrogen and oxygen atoms in total. The van der Waals surface area contributed by atoms with Crippen molar-refractivity contribution in [1.82, 2.24) is 4.90 Å². The lowest BCUT2D eigenvalue weighted by molar-refractivity contribution is -0.384. The number of halogens is 1. The highest BCUT2D eigenvalue weighted by atomic mass is 35.5. The van der Waals surface area contributed by atoms with Crippen molar-refractivity contribution < 1.29 is 19.3 Å². The van der Waals surface area contributed by atoms with Crippen molar-refractivity contribution >= 4 is 46.4 Å². The highest BCUT2D eigenvalue weighted by Crippen LogP contribution is 2.52. The summed E-state index contributed by atoms with van der Waals surface area (Å²) in [7, 11) is 0. The molecule has 4 unspecified atom stereocenters. The number of nitrogens with zero attached hydrogens (tertiary/aromatic N) is 2. The maximum absolute atomic E-state index is 13.1. The van der Waals surface area contributed by atoms with Crippen molar-refractivity contribution in [3.8, 4) is 0 Å². The molecule has 2 aromatic carbocycles. The molecule has 2 fully saturated rings. The van der Waals surface area contributed by atoms with Gasteiger partial charge >= 0.3 is 0 Å². The number of non-ortho nitro benzene ring substituents is 1. The summed E-state index contributed by atoms with van der Waals surface area (Å²) >= 11 is 6.04. The second kappa shape index (κ2) is 8.81. The van der Waals surface area contributed by atoms with Gasteiger partial charge in [0.2, 0.25) is 11.8 Å². The number of carbonyl (C=O) groups is 3. The number of allylic oxidation sites excluding steroid dienone is 2. The summed E-state index contributed by atoms with van der Waals surface area (Å²) in [6.45, 7) is 2.16. The minimum Gasteiger partial charge on any atom is -0.383 e. The Morgan fingerprint density at radius 2 is 1.77 bits per heavy atom. The van der Waals surface area contributed by atoms with E-state index in [4.69, 9.17) is 11.6 Å². The summed E-state index contributed by atoms with van der Waals surface area (Å²) < 4.78 is 0. The number of hydrogen-bond donors (Lipinski definition) is 2. The Morgan fingerprint density at radius 1 is 1.09 bits per heavy atom. The molecular formula is C25H23ClN4O5. The minimum absolute atomic E-state index is 0.0664. The van der Waals surface area contributed by atoms with Gasteiger partial charge in [0.1, 0.15) is 0 Å². The zero-order chi connectivity index (χ0) is 24.9. The number of carbonyl (C=O) groups excluding carboxylic acids is 3. The predicted molar refractivity (Wildman–Crippen MR) is 130 cm³/mol. The fraction of sp³-hybridized carbons (Fsp3) is 0.320. The molecule has 0 spiro atoms. The van der Waals surface area contributed by atoms with Gasteiger partial charge in [-0.2, -0.15) is 0 Å². The van der Waals surface area contributed by atoms with E-state index in [0.29, 0.717) is 16.4 Å². The molecule has 2 bridgehead atoms. The molecule has 0 radical (unpaired) electrons. The van der Waals surface area contributed by atoms with E-state index >= 15 is 0 Å². The quantitative estimate of drug-likeness (QED) is 0.259. The Balaban J connectivity index is 1.31. The van der Waals surface area contributed by atoms with Crippen molar-refractivity contribution in [3.63, 3.8) is 0 Å². The average Bonchev–Trinajstić information content (AvgIpc) is 3.51. The number of anilines is 2. The summed E-state index contributed by atoms with van der Waals surface area (Å²) in [6, 6.07) is 8.99. The molecule has 2 N–H and O–H groups in total. The van der Waals surface area contributed by atoms with Crippen LogP contribution in [0.4, 0.5) is 17.1 Å². The maximum Gasteiger partial charge on any atom is 0.270 e. The predicted octanol–water partition coefficient (Wildman–Crippen LogP) is 4.03. The number of nitrogens with one attached hydrogen (secondary N) is 2. The lowest BCUT2D eigenvalue weighted by atomic mass is 9.85. The highest BCUT2D eigenvalue weighted by Gasteiger charge is 2.58. The first-order valence-electron chi connectivity index (χ1n) is 11.4. The summed E-state index contributed by atoms with van der Waals surface area (Å²) in [6.07, 6.45) is 4.95. The van der Waals surface area contributed by atoms with E-state index in [-0.39, 0.29) is 59.8 Å². The molecule has 3 aliphatic rings. The van der Waals surface area contributed by atoms with Gasteiger partial charge in [0.15, 0.2) is 0 Å². The third-order valence-corrected chi connectivity index (χ3v) is 7.35. The largest absolute Gasteiger partial charge is 0.383 e. The zero-order valence-electron chi connectivity index (χ0n) is 18.9. The molecular weight excluding hydrogens is 472 g/mol. The van der Waals surface area contributed by atoms with E-state index in [0.717, 1.165) is 12.0 Å². The Hall–Kier alpha value is -3.72.